The van der Waals surface area contributed by atoms with E-state index >= 15 is 0 Å². The summed E-state index contributed by atoms with van der Waals surface area (Å²) in [6.07, 6.45) is 3.43. The van der Waals surface area contributed by atoms with Crippen molar-refractivity contribution in [3.8, 4) is 28.0 Å². The Morgan fingerprint density at radius 3 is 2.76 bits per heavy atom. The number of rotatable bonds is 6. The van der Waals surface area contributed by atoms with Crippen LogP contribution < -0.4 is 20.3 Å². The lowest BCUT2D eigenvalue weighted by atomic mass is 9.97. The molecule has 5 rings (SSSR count). The Kier molecular flexibility index (Phi) is 5.89. The van der Waals surface area contributed by atoms with Gasteiger partial charge in [-0.1, -0.05) is 12.1 Å². The molecule has 2 N–H and O–H groups in total. The van der Waals surface area contributed by atoms with E-state index in [9.17, 15) is 9.59 Å². The number of carbonyl (C=O) groups excluding carboxylic acids is 1. The molecule has 3 heterocycles. The van der Waals surface area contributed by atoms with Crippen molar-refractivity contribution in [2.45, 2.75) is 25.7 Å². The number of nitrogens with zero attached hydrogens (tertiary/aromatic N) is 3. The summed E-state index contributed by atoms with van der Waals surface area (Å²) >= 11 is 1.53. The second kappa shape index (κ2) is 9.14. The molecule has 34 heavy (non-hydrogen) atoms. The molecule has 10 heteroatoms. The van der Waals surface area contributed by atoms with Gasteiger partial charge in [-0.25, -0.2) is 4.98 Å². The minimum atomic E-state index is -0.407. The molecule has 3 aromatic heterocycles. The highest BCUT2D eigenvalue weighted by atomic mass is 32.1. The Bertz CT molecular complexity index is 1410. The van der Waals surface area contributed by atoms with Gasteiger partial charge in [0.15, 0.2) is 11.5 Å². The molecule has 0 saturated heterocycles. The van der Waals surface area contributed by atoms with Crippen LogP contribution in [0.25, 0.3) is 16.5 Å². The lowest BCUT2D eigenvalue weighted by Crippen LogP contribution is -2.25. The van der Waals surface area contributed by atoms with Crippen LogP contribution in [0.4, 0.5) is 5.82 Å². The average molecular weight is 478 g/mol. The molecule has 1 aliphatic rings. The number of carbonyl (C=O) groups is 1. The number of para-hydroxylation sites is 1. The van der Waals surface area contributed by atoms with Crippen LogP contribution in [-0.2, 0) is 12.8 Å². The summed E-state index contributed by atoms with van der Waals surface area (Å²) < 4.78 is 12.2. The van der Waals surface area contributed by atoms with E-state index in [4.69, 9.17) is 14.5 Å². The van der Waals surface area contributed by atoms with Gasteiger partial charge in [-0.05, 0) is 49.3 Å². The van der Waals surface area contributed by atoms with Gasteiger partial charge in [-0.2, -0.15) is 9.78 Å². The van der Waals surface area contributed by atoms with Crippen molar-refractivity contribution in [2.24, 2.45) is 0 Å². The fourth-order valence-corrected chi connectivity index (χ4v) is 4.80. The Balaban J connectivity index is 1.59. The smallest absolute Gasteiger partial charge is 0.260 e. The number of aryl methyl sites for hydroxylation is 1. The van der Waals surface area contributed by atoms with Gasteiger partial charge in [-0.3, -0.25) is 14.6 Å². The summed E-state index contributed by atoms with van der Waals surface area (Å²) in [7, 11) is 3.00. The normalized spacial score (nSPS) is 12.8. The predicted octanol–water partition coefficient (Wildman–Crippen LogP) is 3.83. The zero-order valence-corrected chi connectivity index (χ0v) is 19.6. The zero-order valence-electron chi connectivity index (χ0n) is 18.8. The number of thiophene rings is 1. The largest absolute Gasteiger partial charge is 0.493 e. The molecule has 4 aromatic rings. The van der Waals surface area contributed by atoms with Crippen molar-refractivity contribution in [1.82, 2.24) is 19.7 Å². The number of nitrogens with one attached hydrogen (secondary N) is 2. The highest BCUT2D eigenvalue weighted by molar-refractivity contribution is 7.13. The van der Waals surface area contributed by atoms with Crippen LogP contribution in [0.5, 0.6) is 11.5 Å². The van der Waals surface area contributed by atoms with Crippen LogP contribution in [0, 0.1) is 0 Å². The summed E-state index contributed by atoms with van der Waals surface area (Å²) in [6, 6.07) is 10.7. The predicted molar refractivity (Wildman–Crippen MR) is 129 cm³/mol. The molecule has 0 unspecified atom stereocenters. The SMILES string of the molecule is COc1cccc(C(=O)Nc2cc(-c3cccs3)nn2-c2nc3c(c(=O)[nH]2)CCCC3)c1OC. The molecule has 0 fully saturated rings. The molecule has 0 saturated carbocycles. The van der Waals surface area contributed by atoms with Crippen LogP contribution in [-0.4, -0.2) is 39.9 Å². The van der Waals surface area contributed by atoms with E-state index < -0.39 is 5.91 Å². The van der Waals surface area contributed by atoms with E-state index in [0.29, 0.717) is 28.6 Å². The summed E-state index contributed by atoms with van der Waals surface area (Å²) in [4.78, 5) is 34.5. The maximum Gasteiger partial charge on any atom is 0.260 e. The summed E-state index contributed by atoms with van der Waals surface area (Å²) in [6.45, 7) is 0. The number of benzene rings is 1. The number of fused-ring (bicyclic) bond motifs is 1. The molecule has 0 aliphatic heterocycles. The topological polar surface area (TPSA) is 111 Å². The number of anilines is 1. The first-order valence-electron chi connectivity index (χ1n) is 10.9. The van der Waals surface area contributed by atoms with Crippen LogP contribution in [0.2, 0.25) is 0 Å². The molecule has 0 spiro atoms. The van der Waals surface area contributed by atoms with Crippen LogP contribution in [0.1, 0.15) is 34.5 Å². The van der Waals surface area contributed by atoms with E-state index in [2.05, 4.69) is 15.4 Å². The third kappa shape index (κ3) is 3.96. The van der Waals surface area contributed by atoms with Gasteiger partial charge >= 0.3 is 0 Å². The molecule has 0 radical (unpaired) electrons. The molecular weight excluding hydrogens is 454 g/mol. The zero-order chi connectivity index (χ0) is 23.7. The second-order valence-electron chi connectivity index (χ2n) is 7.82. The fourth-order valence-electron chi connectivity index (χ4n) is 4.12. The third-order valence-electron chi connectivity index (χ3n) is 5.75. The first kappa shape index (κ1) is 21.9. The van der Waals surface area contributed by atoms with E-state index in [0.717, 1.165) is 41.8 Å². The van der Waals surface area contributed by atoms with Gasteiger partial charge in [0.2, 0.25) is 5.95 Å². The number of ether oxygens (including phenoxy) is 2. The molecule has 1 amide bonds. The average Bonchev–Trinajstić information content (AvgIpc) is 3.53. The minimum absolute atomic E-state index is 0.167. The summed E-state index contributed by atoms with van der Waals surface area (Å²) in [5.74, 6) is 1.00. The maximum absolute atomic E-state index is 13.3. The van der Waals surface area contributed by atoms with Gasteiger partial charge < -0.3 is 14.8 Å². The first-order chi connectivity index (χ1) is 16.6. The highest BCUT2D eigenvalue weighted by Gasteiger charge is 2.22. The molecular formula is C24H23N5O4S. The fraction of sp³-hybridized carbons (Fsp3) is 0.250. The molecule has 174 valence electrons. The third-order valence-corrected chi connectivity index (χ3v) is 6.64. The Morgan fingerprint density at radius 1 is 1.15 bits per heavy atom. The van der Waals surface area contributed by atoms with Gasteiger partial charge in [0.25, 0.3) is 11.5 Å². The highest BCUT2D eigenvalue weighted by Crippen LogP contribution is 2.32. The quantitative estimate of drug-likeness (QED) is 0.437. The number of aromatic nitrogens is 4. The van der Waals surface area contributed by atoms with Crippen molar-refractivity contribution >= 4 is 23.1 Å². The Hall–Kier alpha value is -3.92. The van der Waals surface area contributed by atoms with Crippen LogP contribution in [0.3, 0.4) is 0 Å². The van der Waals surface area contributed by atoms with E-state index in [-0.39, 0.29) is 11.5 Å². The molecule has 1 aromatic carbocycles. The van der Waals surface area contributed by atoms with Gasteiger partial charge in [0.05, 0.1) is 30.4 Å². The van der Waals surface area contributed by atoms with E-state index in [1.807, 2.05) is 17.5 Å². The number of hydrogen-bond donors (Lipinski definition) is 2. The number of amides is 1. The van der Waals surface area contributed by atoms with Crippen molar-refractivity contribution in [3.63, 3.8) is 0 Å². The molecule has 0 bridgehead atoms. The van der Waals surface area contributed by atoms with Gasteiger partial charge in [-0.15, -0.1) is 11.3 Å². The van der Waals surface area contributed by atoms with E-state index in [1.54, 1.807) is 24.3 Å². The molecule has 9 nitrogen and oxygen atoms in total. The molecule has 1 aliphatic carbocycles. The van der Waals surface area contributed by atoms with Gasteiger partial charge in [0, 0.05) is 11.6 Å². The lowest BCUT2D eigenvalue weighted by Gasteiger charge is -2.16. The summed E-state index contributed by atoms with van der Waals surface area (Å²) in [5, 5.41) is 9.51. The summed E-state index contributed by atoms with van der Waals surface area (Å²) in [5.41, 5.74) is 2.30. The Labute approximate surface area is 199 Å². The Morgan fingerprint density at radius 2 is 2.00 bits per heavy atom. The van der Waals surface area contributed by atoms with Crippen LogP contribution >= 0.6 is 11.3 Å². The number of aromatic amines is 1. The van der Waals surface area contributed by atoms with Gasteiger partial charge in [0.1, 0.15) is 11.5 Å². The number of methoxy groups -OCH3 is 2. The van der Waals surface area contributed by atoms with Crippen LogP contribution in [0.15, 0.2) is 46.6 Å². The first-order valence-corrected chi connectivity index (χ1v) is 11.8. The van der Waals surface area contributed by atoms with Crippen molar-refractivity contribution in [3.05, 3.63) is 69.0 Å². The van der Waals surface area contributed by atoms with Crippen molar-refractivity contribution in [1.29, 1.82) is 0 Å². The monoisotopic (exact) mass is 477 g/mol. The number of H-pyrrole nitrogens is 1. The molecule has 0 atom stereocenters. The minimum Gasteiger partial charge on any atom is -0.493 e. The van der Waals surface area contributed by atoms with Crippen molar-refractivity contribution in [2.75, 3.05) is 19.5 Å². The second-order valence-corrected chi connectivity index (χ2v) is 8.77. The standard InChI is InChI=1S/C24H23N5O4S/c1-32-18-10-5-8-15(21(18)33-2)23(31)26-20-13-17(19-11-6-12-34-19)28-29(20)24-25-16-9-4-3-7-14(16)22(30)27-24/h5-6,8,10-13H,3-4,7,9H2,1-2H3,(H,26,31)(H,25,27,30). The van der Waals surface area contributed by atoms with E-state index in [1.165, 1.54) is 30.2 Å². The maximum atomic E-state index is 13.3. The lowest BCUT2D eigenvalue weighted by molar-refractivity contribution is 0.102. The van der Waals surface area contributed by atoms with Crippen molar-refractivity contribution < 1.29 is 14.3 Å². The number of hydrogen-bond acceptors (Lipinski definition) is 7.